The number of rotatable bonds is 11. The Bertz CT molecular complexity index is 763. The van der Waals surface area contributed by atoms with E-state index in [1.165, 1.54) is 6.07 Å². The van der Waals surface area contributed by atoms with Gasteiger partial charge in [-0.05, 0) is 12.8 Å². The van der Waals surface area contributed by atoms with Gasteiger partial charge in [-0.1, -0.05) is 26.7 Å². The Labute approximate surface area is 166 Å². The molecule has 1 N–H and O–H groups in total. The molecule has 158 valence electrons. The summed E-state index contributed by atoms with van der Waals surface area (Å²) in [6, 6.07) is 3.03. The first-order chi connectivity index (χ1) is 13.4. The lowest BCUT2D eigenvalue weighted by atomic mass is 10.2. The van der Waals surface area contributed by atoms with Crippen LogP contribution in [0.25, 0.3) is 5.53 Å². The molecule has 1 aromatic rings. The summed E-state index contributed by atoms with van der Waals surface area (Å²) in [5, 5.41) is 0. The smallest absolute Gasteiger partial charge is 0.491 e. The van der Waals surface area contributed by atoms with E-state index in [0.29, 0.717) is 45.3 Å². The fourth-order valence-corrected chi connectivity index (χ4v) is 3.14. The van der Waals surface area contributed by atoms with Gasteiger partial charge in [-0.25, -0.2) is 4.55 Å². The summed E-state index contributed by atoms with van der Waals surface area (Å²) in [6.07, 6.45) is 3.42. The standard InChI is InChI=1S/C18H29N3O6S/c1-3-5-9-26-17-14-16(21(19)28(22,23)24)18(27-10-6-4-2)13-15(17)20-7-11-25-12-8-20/h13-14H,3-12H2,1-2H3,(H,22,23,24). The van der Waals surface area contributed by atoms with E-state index in [1.54, 1.807) is 6.07 Å². The van der Waals surface area contributed by atoms with Crippen molar-refractivity contribution in [1.29, 1.82) is 0 Å². The summed E-state index contributed by atoms with van der Waals surface area (Å²) in [6.45, 7) is 7.28. The summed E-state index contributed by atoms with van der Waals surface area (Å²) >= 11 is 0. The van der Waals surface area contributed by atoms with Crippen molar-refractivity contribution in [3.63, 3.8) is 0 Å². The van der Waals surface area contributed by atoms with E-state index in [2.05, 4.69) is 4.90 Å². The van der Waals surface area contributed by atoms with Gasteiger partial charge in [0.2, 0.25) is 0 Å². The van der Waals surface area contributed by atoms with Gasteiger partial charge in [-0.2, -0.15) is 0 Å². The van der Waals surface area contributed by atoms with E-state index in [9.17, 15) is 18.5 Å². The number of benzene rings is 1. The van der Waals surface area contributed by atoms with Crippen LogP contribution in [0.3, 0.4) is 0 Å². The second-order valence-electron chi connectivity index (χ2n) is 6.51. The second-order valence-corrected chi connectivity index (χ2v) is 7.75. The van der Waals surface area contributed by atoms with Crippen molar-refractivity contribution in [1.82, 2.24) is 0 Å². The van der Waals surface area contributed by atoms with Gasteiger partial charge in [0.1, 0.15) is 5.75 Å². The molecular formula is C18H29N3O6S. The molecule has 1 heterocycles. The number of nitrogens with zero attached hydrogens (tertiary/aromatic N) is 3. The van der Waals surface area contributed by atoms with Gasteiger partial charge >= 0.3 is 10.3 Å². The highest BCUT2D eigenvalue weighted by molar-refractivity contribution is 7.79. The van der Waals surface area contributed by atoms with Gasteiger partial charge in [0, 0.05) is 19.2 Å². The molecular weight excluding hydrogens is 386 g/mol. The third kappa shape index (κ3) is 6.05. The number of anilines is 1. The van der Waals surface area contributed by atoms with E-state index < -0.39 is 10.3 Å². The number of hydrogen-bond acceptors (Lipinski definition) is 6. The number of ether oxygens (including phenoxy) is 3. The van der Waals surface area contributed by atoms with Crippen LogP contribution in [0.1, 0.15) is 39.5 Å². The van der Waals surface area contributed by atoms with E-state index in [0.717, 1.165) is 31.4 Å². The van der Waals surface area contributed by atoms with Gasteiger partial charge in [0.25, 0.3) is 5.69 Å². The normalized spacial score (nSPS) is 14.8. The van der Waals surface area contributed by atoms with Crippen molar-refractivity contribution < 1.29 is 31.3 Å². The molecule has 10 heteroatoms. The molecule has 0 saturated carbocycles. The summed E-state index contributed by atoms with van der Waals surface area (Å²) in [4.78, 5) is 2.07. The minimum atomic E-state index is -4.87. The van der Waals surface area contributed by atoms with Crippen molar-refractivity contribution in [2.45, 2.75) is 39.5 Å². The number of hydrogen-bond donors (Lipinski definition) is 1. The van der Waals surface area contributed by atoms with Crippen molar-refractivity contribution in [3.8, 4) is 11.5 Å². The van der Waals surface area contributed by atoms with E-state index in [4.69, 9.17) is 14.2 Å². The predicted molar refractivity (Wildman–Crippen MR) is 105 cm³/mol. The Morgan fingerprint density at radius 1 is 1.11 bits per heavy atom. The molecule has 0 radical (unpaired) electrons. The van der Waals surface area contributed by atoms with Gasteiger partial charge in [0.15, 0.2) is 5.75 Å². The lowest BCUT2D eigenvalue weighted by Crippen LogP contribution is -2.36. The fourth-order valence-electron chi connectivity index (χ4n) is 2.75. The maximum Gasteiger partial charge on any atom is 0.501 e. The van der Waals surface area contributed by atoms with Crippen LogP contribution in [0, 0.1) is 0 Å². The second kappa shape index (κ2) is 10.6. The zero-order valence-electron chi connectivity index (χ0n) is 16.5. The van der Waals surface area contributed by atoms with Crippen LogP contribution < -0.4 is 14.4 Å². The lowest BCUT2D eigenvalue weighted by Gasteiger charge is -2.30. The van der Waals surface area contributed by atoms with E-state index in [1.807, 2.05) is 13.8 Å². The molecule has 1 aliphatic rings. The van der Waals surface area contributed by atoms with E-state index >= 15 is 0 Å². The van der Waals surface area contributed by atoms with Gasteiger partial charge < -0.3 is 24.6 Å². The van der Waals surface area contributed by atoms with Crippen LogP contribution in [-0.4, -0.2) is 56.6 Å². The van der Waals surface area contributed by atoms with Gasteiger partial charge in [-0.15, -0.1) is 12.5 Å². The van der Waals surface area contributed by atoms with Crippen LogP contribution in [0.5, 0.6) is 11.5 Å². The molecule has 0 bridgehead atoms. The zero-order valence-corrected chi connectivity index (χ0v) is 17.3. The highest BCUT2D eigenvalue weighted by Gasteiger charge is 2.28. The number of morpholine rings is 1. The van der Waals surface area contributed by atoms with E-state index in [-0.39, 0.29) is 15.5 Å². The molecule has 0 amide bonds. The third-order valence-electron chi connectivity index (χ3n) is 4.33. The molecule has 1 fully saturated rings. The maximum absolute atomic E-state index is 11.5. The molecule has 0 unspecified atom stereocenters. The first-order valence-corrected chi connectivity index (χ1v) is 11.0. The molecule has 0 atom stereocenters. The SMILES string of the molecule is CCCCOc1cc([N+](=[N-])S(=O)(=O)O)c(OCCCC)cc1N1CCOCC1. The zero-order chi connectivity index (χ0) is 20.6. The van der Waals surface area contributed by atoms with Crippen LogP contribution in [0.2, 0.25) is 0 Å². The molecule has 1 aliphatic heterocycles. The third-order valence-corrected chi connectivity index (χ3v) is 4.96. The molecule has 0 aromatic heterocycles. The molecule has 28 heavy (non-hydrogen) atoms. The molecule has 0 spiro atoms. The Kier molecular flexibility index (Phi) is 8.46. The maximum atomic E-state index is 11.5. The fraction of sp³-hybridized carbons (Fsp3) is 0.667. The average Bonchev–Trinajstić information content (AvgIpc) is 2.68. The Hall–Kier alpha value is -1.91. The Balaban J connectivity index is 2.48. The molecule has 9 nitrogen and oxygen atoms in total. The van der Waals surface area contributed by atoms with Crippen LogP contribution in [0.15, 0.2) is 12.1 Å². The summed E-state index contributed by atoms with van der Waals surface area (Å²) in [5.74, 6) is 0.564. The quantitative estimate of drug-likeness (QED) is 0.255. The topological polar surface area (TPSA) is 111 Å². The van der Waals surface area contributed by atoms with Crippen LogP contribution >= 0.6 is 0 Å². The Morgan fingerprint density at radius 2 is 1.68 bits per heavy atom. The van der Waals surface area contributed by atoms with Crippen molar-refractivity contribution in [2.75, 3.05) is 44.4 Å². The van der Waals surface area contributed by atoms with Gasteiger partial charge in [-0.3, -0.25) is 0 Å². The molecule has 0 aliphatic carbocycles. The minimum Gasteiger partial charge on any atom is -0.491 e. The predicted octanol–water partition coefficient (Wildman–Crippen LogP) is 3.35. The largest absolute Gasteiger partial charge is 0.501 e. The summed E-state index contributed by atoms with van der Waals surface area (Å²) in [7, 11) is -4.87. The Morgan fingerprint density at radius 3 is 2.21 bits per heavy atom. The van der Waals surface area contributed by atoms with Crippen LogP contribution in [-0.2, 0) is 15.0 Å². The molecule has 2 rings (SSSR count). The van der Waals surface area contributed by atoms with Crippen molar-refractivity contribution >= 4 is 21.7 Å². The molecule has 1 saturated heterocycles. The number of unbranched alkanes of at least 4 members (excludes halogenated alkanes) is 2. The van der Waals surface area contributed by atoms with Crippen LogP contribution in [0.4, 0.5) is 11.4 Å². The monoisotopic (exact) mass is 415 g/mol. The summed E-state index contributed by atoms with van der Waals surface area (Å²) < 4.78 is 49.0. The first kappa shape index (κ1) is 22.4. The average molecular weight is 416 g/mol. The lowest BCUT2D eigenvalue weighted by molar-refractivity contribution is -0.299. The van der Waals surface area contributed by atoms with Gasteiger partial charge in [0.05, 0.1) is 38.2 Å². The highest BCUT2D eigenvalue weighted by atomic mass is 32.2. The van der Waals surface area contributed by atoms with Crippen molar-refractivity contribution in [3.05, 3.63) is 17.7 Å². The first-order valence-electron chi connectivity index (χ1n) is 9.61. The summed E-state index contributed by atoms with van der Waals surface area (Å²) in [5.41, 5.74) is 10.6. The van der Waals surface area contributed by atoms with Crippen molar-refractivity contribution in [2.24, 2.45) is 0 Å². The molecule has 1 aromatic carbocycles. The highest BCUT2D eigenvalue weighted by Crippen LogP contribution is 2.41. The minimum absolute atomic E-state index is 0.151.